The summed E-state index contributed by atoms with van der Waals surface area (Å²) in [6.07, 6.45) is -0.107. The van der Waals surface area contributed by atoms with Crippen molar-refractivity contribution in [2.45, 2.75) is 13.0 Å². The molecule has 0 fully saturated rings. The third-order valence-corrected chi connectivity index (χ3v) is 4.76. The van der Waals surface area contributed by atoms with Gasteiger partial charge in [-0.05, 0) is 37.3 Å². The predicted molar refractivity (Wildman–Crippen MR) is 104 cm³/mol. The van der Waals surface area contributed by atoms with Crippen LogP contribution in [-0.4, -0.2) is 50.7 Å². The van der Waals surface area contributed by atoms with Crippen LogP contribution in [0.25, 0.3) is 0 Å². The summed E-state index contributed by atoms with van der Waals surface area (Å²) in [7, 11) is 3.31. The molecule has 0 unspecified atom stereocenters. The fourth-order valence-corrected chi connectivity index (χ4v) is 3.39. The molecule has 1 aliphatic rings. The Labute approximate surface area is 159 Å². The Morgan fingerprint density at radius 3 is 2.85 bits per heavy atom. The van der Waals surface area contributed by atoms with Gasteiger partial charge in [0.1, 0.15) is 17.6 Å². The molecule has 1 heterocycles. The maximum atomic E-state index is 12.9. The molecule has 5 nitrogen and oxygen atoms in total. The van der Waals surface area contributed by atoms with Gasteiger partial charge < -0.3 is 19.3 Å². The van der Waals surface area contributed by atoms with Crippen molar-refractivity contribution in [3.05, 3.63) is 53.1 Å². The SMILES string of the molecule is CCN1C[C@H](CN(C)C(=O)c2cc(Cl)ccc2OC)Oc2ccccc21. The third kappa shape index (κ3) is 3.73. The molecule has 0 aliphatic carbocycles. The standard InChI is InChI=1S/C20H23ClN2O3/c1-4-23-13-15(26-19-8-6-5-7-17(19)23)12-22(2)20(24)16-11-14(21)9-10-18(16)25-3/h5-11,15H,4,12-13H2,1-3H3/t15-/m0/s1. The van der Waals surface area contributed by atoms with Gasteiger partial charge in [0, 0.05) is 18.6 Å². The molecule has 0 N–H and O–H groups in total. The number of anilines is 1. The molecule has 2 aromatic rings. The maximum Gasteiger partial charge on any atom is 0.257 e. The number of methoxy groups -OCH3 is 1. The van der Waals surface area contributed by atoms with Crippen LogP contribution in [0.1, 0.15) is 17.3 Å². The van der Waals surface area contributed by atoms with E-state index in [1.165, 1.54) is 0 Å². The van der Waals surface area contributed by atoms with E-state index in [9.17, 15) is 4.79 Å². The zero-order chi connectivity index (χ0) is 18.7. The molecule has 1 atom stereocenters. The summed E-state index contributed by atoms with van der Waals surface area (Å²) in [5, 5.41) is 0.502. The van der Waals surface area contributed by atoms with E-state index >= 15 is 0 Å². The lowest BCUT2D eigenvalue weighted by molar-refractivity contribution is 0.0706. The van der Waals surface area contributed by atoms with E-state index in [-0.39, 0.29) is 12.0 Å². The van der Waals surface area contributed by atoms with Gasteiger partial charge in [-0.15, -0.1) is 0 Å². The Balaban J connectivity index is 1.75. The average Bonchev–Trinajstić information content (AvgIpc) is 2.66. The van der Waals surface area contributed by atoms with Gasteiger partial charge in [0.25, 0.3) is 5.91 Å². The summed E-state index contributed by atoms with van der Waals surface area (Å²) in [6, 6.07) is 13.0. The Morgan fingerprint density at radius 1 is 1.35 bits per heavy atom. The number of fused-ring (bicyclic) bond motifs is 1. The lowest BCUT2D eigenvalue weighted by Gasteiger charge is -2.37. The lowest BCUT2D eigenvalue weighted by atomic mass is 10.1. The number of hydrogen-bond donors (Lipinski definition) is 0. The van der Waals surface area contributed by atoms with Crippen molar-refractivity contribution in [1.29, 1.82) is 0 Å². The summed E-state index contributed by atoms with van der Waals surface area (Å²) in [4.78, 5) is 16.8. The van der Waals surface area contributed by atoms with Gasteiger partial charge in [-0.1, -0.05) is 23.7 Å². The van der Waals surface area contributed by atoms with Crippen LogP contribution in [0.5, 0.6) is 11.5 Å². The van der Waals surface area contributed by atoms with E-state index in [1.807, 2.05) is 18.2 Å². The highest BCUT2D eigenvalue weighted by atomic mass is 35.5. The van der Waals surface area contributed by atoms with Crippen LogP contribution < -0.4 is 14.4 Å². The minimum absolute atomic E-state index is 0.107. The van der Waals surface area contributed by atoms with Crippen molar-refractivity contribution >= 4 is 23.2 Å². The average molecular weight is 375 g/mol. The van der Waals surface area contributed by atoms with Crippen molar-refractivity contribution in [2.75, 3.05) is 38.7 Å². The van der Waals surface area contributed by atoms with Crippen LogP contribution in [0.3, 0.4) is 0 Å². The van der Waals surface area contributed by atoms with Gasteiger partial charge >= 0.3 is 0 Å². The molecular formula is C20H23ClN2O3. The molecule has 26 heavy (non-hydrogen) atoms. The van der Waals surface area contributed by atoms with Crippen molar-refractivity contribution in [3.63, 3.8) is 0 Å². The van der Waals surface area contributed by atoms with Gasteiger partial charge in [-0.25, -0.2) is 0 Å². The lowest BCUT2D eigenvalue weighted by Crippen LogP contribution is -2.46. The Morgan fingerprint density at radius 2 is 2.12 bits per heavy atom. The highest BCUT2D eigenvalue weighted by Crippen LogP contribution is 2.33. The molecule has 6 heteroatoms. The number of para-hydroxylation sites is 2. The van der Waals surface area contributed by atoms with Crippen LogP contribution in [-0.2, 0) is 0 Å². The highest BCUT2D eigenvalue weighted by Gasteiger charge is 2.27. The van der Waals surface area contributed by atoms with E-state index in [2.05, 4.69) is 17.9 Å². The molecule has 138 valence electrons. The normalized spacial score (nSPS) is 15.8. The number of ether oxygens (including phenoxy) is 2. The second-order valence-corrected chi connectivity index (χ2v) is 6.71. The molecule has 1 aliphatic heterocycles. The van der Waals surface area contributed by atoms with Gasteiger partial charge in [-0.2, -0.15) is 0 Å². The van der Waals surface area contributed by atoms with Crippen molar-refractivity contribution in [2.24, 2.45) is 0 Å². The Kier molecular flexibility index (Phi) is 5.57. The smallest absolute Gasteiger partial charge is 0.257 e. The van der Waals surface area contributed by atoms with Gasteiger partial charge in [0.15, 0.2) is 0 Å². The second kappa shape index (κ2) is 7.87. The molecule has 0 radical (unpaired) electrons. The topological polar surface area (TPSA) is 42.0 Å². The first-order chi connectivity index (χ1) is 12.5. The van der Waals surface area contributed by atoms with E-state index < -0.39 is 0 Å². The number of amides is 1. The first-order valence-corrected chi connectivity index (χ1v) is 9.01. The number of carbonyl (C=O) groups excluding carboxylic acids is 1. The van der Waals surface area contributed by atoms with Crippen molar-refractivity contribution < 1.29 is 14.3 Å². The monoisotopic (exact) mass is 374 g/mol. The Bertz CT molecular complexity index is 796. The van der Waals surface area contributed by atoms with E-state index in [4.69, 9.17) is 21.1 Å². The molecular weight excluding hydrogens is 352 g/mol. The minimum Gasteiger partial charge on any atom is -0.496 e. The molecule has 2 aromatic carbocycles. The predicted octanol–water partition coefficient (Wildman–Crippen LogP) is 3.71. The number of likely N-dealkylation sites (N-methyl/N-ethyl adjacent to an activating group) is 2. The molecule has 0 spiro atoms. The molecule has 0 saturated heterocycles. The van der Waals surface area contributed by atoms with Crippen molar-refractivity contribution in [3.8, 4) is 11.5 Å². The number of benzene rings is 2. The van der Waals surface area contributed by atoms with Gasteiger partial charge in [-0.3, -0.25) is 4.79 Å². The highest BCUT2D eigenvalue weighted by molar-refractivity contribution is 6.31. The number of rotatable bonds is 5. The largest absolute Gasteiger partial charge is 0.496 e. The fraction of sp³-hybridized carbons (Fsp3) is 0.350. The van der Waals surface area contributed by atoms with Gasteiger partial charge in [0.2, 0.25) is 0 Å². The summed E-state index contributed by atoms with van der Waals surface area (Å²) in [5.74, 6) is 1.22. The summed E-state index contributed by atoms with van der Waals surface area (Å²) in [5.41, 5.74) is 1.54. The summed E-state index contributed by atoms with van der Waals surface area (Å²) < 4.78 is 11.4. The minimum atomic E-state index is -0.144. The third-order valence-electron chi connectivity index (χ3n) is 4.52. The molecule has 1 amide bonds. The van der Waals surface area contributed by atoms with Crippen LogP contribution >= 0.6 is 11.6 Å². The summed E-state index contributed by atoms with van der Waals surface area (Å²) in [6.45, 7) is 4.21. The van der Waals surface area contributed by atoms with Crippen LogP contribution in [0.2, 0.25) is 5.02 Å². The van der Waals surface area contributed by atoms with E-state index in [1.54, 1.807) is 37.3 Å². The van der Waals surface area contributed by atoms with Crippen molar-refractivity contribution in [1.82, 2.24) is 4.90 Å². The van der Waals surface area contributed by atoms with E-state index in [0.717, 1.165) is 24.5 Å². The van der Waals surface area contributed by atoms with E-state index in [0.29, 0.717) is 22.9 Å². The number of hydrogen-bond acceptors (Lipinski definition) is 4. The zero-order valence-electron chi connectivity index (χ0n) is 15.2. The molecule has 3 rings (SSSR count). The molecule has 0 bridgehead atoms. The van der Waals surface area contributed by atoms with Crippen LogP contribution in [0.15, 0.2) is 42.5 Å². The van der Waals surface area contributed by atoms with Gasteiger partial charge in [0.05, 0.1) is 31.5 Å². The molecule has 0 aromatic heterocycles. The maximum absolute atomic E-state index is 12.9. The summed E-state index contributed by atoms with van der Waals surface area (Å²) >= 11 is 6.05. The first-order valence-electron chi connectivity index (χ1n) is 8.63. The first kappa shape index (κ1) is 18.4. The molecule has 0 saturated carbocycles. The Hall–Kier alpha value is -2.40. The number of carbonyl (C=O) groups is 1. The second-order valence-electron chi connectivity index (χ2n) is 6.28. The number of halogens is 1. The quantitative estimate of drug-likeness (QED) is 0.800. The van der Waals surface area contributed by atoms with Crippen LogP contribution in [0.4, 0.5) is 5.69 Å². The van der Waals surface area contributed by atoms with Crippen LogP contribution in [0, 0.1) is 0 Å². The zero-order valence-corrected chi connectivity index (χ0v) is 16.0. The number of nitrogens with zero attached hydrogens (tertiary/aromatic N) is 2. The fourth-order valence-electron chi connectivity index (χ4n) is 3.21.